The second-order valence-corrected chi connectivity index (χ2v) is 5.00. The summed E-state index contributed by atoms with van der Waals surface area (Å²) in [6, 6.07) is 11.7. The molecule has 0 bridgehead atoms. The number of ether oxygens (including phenoxy) is 1. The Morgan fingerprint density at radius 1 is 1.13 bits per heavy atom. The van der Waals surface area contributed by atoms with E-state index in [0.29, 0.717) is 5.56 Å². The molecule has 0 atom stereocenters. The van der Waals surface area contributed by atoms with Crippen LogP contribution in [0.15, 0.2) is 48.5 Å². The molecule has 0 spiro atoms. The summed E-state index contributed by atoms with van der Waals surface area (Å²) in [6.07, 6.45) is -4.40. The highest BCUT2D eigenvalue weighted by Gasteiger charge is 2.30. The van der Waals surface area contributed by atoms with Gasteiger partial charge in [-0.2, -0.15) is 13.2 Å². The molecule has 6 heteroatoms. The maximum atomic E-state index is 12.6. The average Bonchev–Trinajstić information content (AvgIpc) is 2.51. The van der Waals surface area contributed by atoms with E-state index in [2.05, 4.69) is 5.32 Å². The van der Waals surface area contributed by atoms with Crippen molar-refractivity contribution in [3.05, 3.63) is 65.2 Å². The van der Waals surface area contributed by atoms with Crippen molar-refractivity contribution in [2.45, 2.75) is 13.1 Å². The van der Waals surface area contributed by atoms with Gasteiger partial charge in [0.15, 0.2) is 0 Å². The molecule has 0 aliphatic carbocycles. The molecule has 0 saturated carbocycles. The summed E-state index contributed by atoms with van der Waals surface area (Å²) in [5.41, 5.74) is 0.808. The number of rotatable bonds is 5. The first kappa shape index (κ1) is 16.9. The molecule has 0 fully saturated rings. The van der Waals surface area contributed by atoms with E-state index in [1.807, 2.05) is 19.1 Å². The summed E-state index contributed by atoms with van der Waals surface area (Å²) in [5.74, 6) is -0.137. The van der Waals surface area contributed by atoms with Gasteiger partial charge in [-0.3, -0.25) is 4.79 Å². The minimum absolute atomic E-state index is 0.0823. The third-order valence-electron chi connectivity index (χ3n) is 3.13. The molecular formula is C17H16F3NO2. The number of alkyl halides is 3. The van der Waals surface area contributed by atoms with Crippen LogP contribution in [-0.4, -0.2) is 19.1 Å². The molecule has 0 aliphatic heterocycles. The number of carbonyl (C=O) groups excluding carboxylic acids is 1. The zero-order chi connectivity index (χ0) is 16.9. The van der Waals surface area contributed by atoms with Crippen LogP contribution in [0.4, 0.5) is 13.2 Å². The number of carbonyl (C=O) groups is 1. The minimum atomic E-state index is -4.40. The topological polar surface area (TPSA) is 38.3 Å². The van der Waals surface area contributed by atoms with E-state index in [0.717, 1.165) is 17.7 Å². The molecule has 0 unspecified atom stereocenters. The molecule has 1 amide bonds. The van der Waals surface area contributed by atoms with Crippen LogP contribution in [0, 0.1) is 6.92 Å². The highest BCUT2D eigenvalue weighted by molar-refractivity contribution is 5.94. The van der Waals surface area contributed by atoms with Crippen LogP contribution in [0.3, 0.4) is 0 Å². The van der Waals surface area contributed by atoms with Crippen molar-refractivity contribution >= 4 is 5.91 Å². The van der Waals surface area contributed by atoms with Gasteiger partial charge in [0, 0.05) is 5.56 Å². The molecule has 0 aliphatic rings. The average molecular weight is 323 g/mol. The van der Waals surface area contributed by atoms with Crippen molar-refractivity contribution in [2.75, 3.05) is 13.2 Å². The molecule has 23 heavy (non-hydrogen) atoms. The number of nitrogens with one attached hydrogen (secondary N) is 1. The van der Waals surface area contributed by atoms with Gasteiger partial charge >= 0.3 is 6.18 Å². The number of benzene rings is 2. The van der Waals surface area contributed by atoms with Crippen LogP contribution in [0.5, 0.6) is 5.75 Å². The zero-order valence-electron chi connectivity index (χ0n) is 12.5. The van der Waals surface area contributed by atoms with E-state index in [9.17, 15) is 18.0 Å². The van der Waals surface area contributed by atoms with E-state index < -0.39 is 11.7 Å². The van der Waals surface area contributed by atoms with Crippen molar-refractivity contribution < 1.29 is 22.7 Å². The Labute approximate surface area is 132 Å². The lowest BCUT2D eigenvalue weighted by atomic mass is 10.1. The minimum Gasteiger partial charge on any atom is -0.492 e. The van der Waals surface area contributed by atoms with E-state index in [-0.39, 0.29) is 24.8 Å². The predicted octanol–water partition coefficient (Wildman–Crippen LogP) is 3.82. The predicted molar refractivity (Wildman–Crippen MR) is 80.5 cm³/mol. The van der Waals surface area contributed by atoms with Gasteiger partial charge in [0.05, 0.1) is 12.1 Å². The Morgan fingerprint density at radius 3 is 2.48 bits per heavy atom. The first-order chi connectivity index (χ1) is 10.9. The Morgan fingerprint density at radius 2 is 1.83 bits per heavy atom. The fourth-order valence-corrected chi connectivity index (χ4v) is 1.90. The maximum absolute atomic E-state index is 12.6. The molecule has 2 rings (SSSR count). The normalized spacial score (nSPS) is 11.1. The lowest BCUT2D eigenvalue weighted by molar-refractivity contribution is -0.137. The first-order valence-electron chi connectivity index (χ1n) is 7.01. The number of hydrogen-bond donors (Lipinski definition) is 1. The van der Waals surface area contributed by atoms with Crippen molar-refractivity contribution in [3.8, 4) is 5.75 Å². The number of hydrogen-bond acceptors (Lipinski definition) is 2. The van der Waals surface area contributed by atoms with Crippen LogP contribution in [0.2, 0.25) is 0 Å². The van der Waals surface area contributed by atoms with Gasteiger partial charge in [-0.15, -0.1) is 0 Å². The maximum Gasteiger partial charge on any atom is 0.416 e. The summed E-state index contributed by atoms with van der Waals surface area (Å²) in [7, 11) is 0. The third kappa shape index (κ3) is 5.02. The third-order valence-corrected chi connectivity index (χ3v) is 3.13. The largest absolute Gasteiger partial charge is 0.492 e. The molecule has 2 aromatic carbocycles. The summed E-state index contributed by atoms with van der Waals surface area (Å²) in [6.45, 7) is 2.20. The van der Waals surface area contributed by atoms with E-state index in [4.69, 9.17) is 4.74 Å². The molecule has 0 radical (unpaired) electrons. The second-order valence-electron chi connectivity index (χ2n) is 5.00. The van der Waals surface area contributed by atoms with Crippen molar-refractivity contribution in [1.82, 2.24) is 5.32 Å². The Hall–Kier alpha value is -2.50. The van der Waals surface area contributed by atoms with Crippen LogP contribution in [-0.2, 0) is 6.18 Å². The highest BCUT2D eigenvalue weighted by Crippen LogP contribution is 2.31. The van der Waals surface area contributed by atoms with Crippen molar-refractivity contribution in [1.29, 1.82) is 0 Å². The fraction of sp³-hybridized carbons (Fsp3) is 0.235. The number of amides is 1. The van der Waals surface area contributed by atoms with Crippen molar-refractivity contribution in [3.63, 3.8) is 0 Å². The molecular weight excluding hydrogens is 307 g/mol. The standard InChI is InChI=1S/C17H16F3NO2/c1-12-5-7-13(8-6-12)16(22)21-9-10-23-15-4-2-3-14(11-15)17(18,19)20/h2-8,11H,9-10H2,1H3,(H,21,22). The molecule has 0 heterocycles. The van der Waals surface area contributed by atoms with Crippen LogP contribution >= 0.6 is 0 Å². The Kier molecular flexibility index (Phi) is 5.26. The van der Waals surface area contributed by atoms with Gasteiger partial charge in [-0.1, -0.05) is 23.8 Å². The van der Waals surface area contributed by atoms with Gasteiger partial charge in [0.1, 0.15) is 12.4 Å². The van der Waals surface area contributed by atoms with Crippen molar-refractivity contribution in [2.24, 2.45) is 0 Å². The fourth-order valence-electron chi connectivity index (χ4n) is 1.90. The zero-order valence-corrected chi connectivity index (χ0v) is 12.5. The van der Waals surface area contributed by atoms with Crippen LogP contribution < -0.4 is 10.1 Å². The molecule has 3 nitrogen and oxygen atoms in total. The van der Waals surface area contributed by atoms with E-state index in [1.165, 1.54) is 12.1 Å². The van der Waals surface area contributed by atoms with E-state index >= 15 is 0 Å². The first-order valence-corrected chi connectivity index (χ1v) is 7.01. The van der Waals surface area contributed by atoms with Gasteiger partial charge in [0.2, 0.25) is 0 Å². The summed E-state index contributed by atoms with van der Waals surface area (Å²) < 4.78 is 42.9. The Bertz CT molecular complexity index is 666. The number of halogens is 3. The lowest BCUT2D eigenvalue weighted by Gasteiger charge is -2.11. The summed E-state index contributed by atoms with van der Waals surface area (Å²) in [4.78, 5) is 11.8. The molecule has 2 aromatic rings. The quantitative estimate of drug-likeness (QED) is 0.850. The number of aryl methyl sites for hydroxylation is 1. The Balaban J connectivity index is 1.81. The van der Waals surface area contributed by atoms with Gasteiger partial charge in [0.25, 0.3) is 5.91 Å². The molecule has 0 saturated heterocycles. The van der Waals surface area contributed by atoms with Gasteiger partial charge in [-0.05, 0) is 37.3 Å². The SMILES string of the molecule is Cc1ccc(C(=O)NCCOc2cccc(C(F)(F)F)c2)cc1. The highest BCUT2D eigenvalue weighted by atomic mass is 19.4. The van der Waals surface area contributed by atoms with Crippen LogP contribution in [0.1, 0.15) is 21.5 Å². The summed E-state index contributed by atoms with van der Waals surface area (Å²) >= 11 is 0. The molecule has 0 aromatic heterocycles. The van der Waals surface area contributed by atoms with Gasteiger partial charge < -0.3 is 10.1 Å². The summed E-state index contributed by atoms with van der Waals surface area (Å²) in [5, 5.41) is 2.65. The monoisotopic (exact) mass is 323 g/mol. The molecule has 122 valence electrons. The lowest BCUT2D eigenvalue weighted by Crippen LogP contribution is -2.28. The van der Waals surface area contributed by atoms with E-state index in [1.54, 1.807) is 12.1 Å². The van der Waals surface area contributed by atoms with Crippen LogP contribution in [0.25, 0.3) is 0 Å². The smallest absolute Gasteiger partial charge is 0.416 e. The molecule has 1 N–H and O–H groups in total. The van der Waals surface area contributed by atoms with Gasteiger partial charge in [-0.25, -0.2) is 0 Å². The second kappa shape index (κ2) is 7.17.